The van der Waals surface area contributed by atoms with Gasteiger partial charge in [-0.3, -0.25) is 9.36 Å². The normalized spacial score (nSPS) is 14.2. The summed E-state index contributed by atoms with van der Waals surface area (Å²) >= 11 is 0. The molecule has 1 amide bonds. The molecule has 48 heavy (non-hydrogen) atoms. The predicted octanol–water partition coefficient (Wildman–Crippen LogP) is 6.34. The van der Waals surface area contributed by atoms with E-state index in [4.69, 9.17) is 0 Å². The number of carbonyl (C=O) groups is 1. The average molecular weight is 666 g/mol. The van der Waals surface area contributed by atoms with Crippen LogP contribution in [0.4, 0.5) is 26.3 Å². The van der Waals surface area contributed by atoms with Crippen molar-refractivity contribution in [3.8, 4) is 17.1 Å². The first-order chi connectivity index (χ1) is 23.0. The van der Waals surface area contributed by atoms with Crippen LogP contribution in [0, 0.1) is 17.5 Å². The number of fused-ring (bicyclic) bond motifs is 1. The molecule has 0 atom stereocenters. The number of rotatable bonds is 6. The van der Waals surface area contributed by atoms with Crippen LogP contribution in [-0.4, -0.2) is 52.8 Å². The molecule has 0 radical (unpaired) electrons. The van der Waals surface area contributed by atoms with Gasteiger partial charge in [-0.2, -0.15) is 18.3 Å². The monoisotopic (exact) mass is 665 g/mol. The van der Waals surface area contributed by atoms with Crippen LogP contribution in [-0.2, 0) is 12.7 Å². The molecule has 7 rings (SSSR count). The van der Waals surface area contributed by atoms with Crippen molar-refractivity contribution in [3.05, 3.63) is 124 Å². The van der Waals surface area contributed by atoms with Crippen molar-refractivity contribution in [2.75, 3.05) is 13.1 Å². The SMILES string of the molecule is O=C(c1cc(-c2cn(Cc3ccccc3)cn2)n(-c2ccc(F)c(C(F)(F)F)c2)n1)N1CCC(n2c(=O)[nH]c3ccc(F)c(F)c32)CC1. The summed E-state index contributed by atoms with van der Waals surface area (Å²) < 4.78 is 87.8. The fraction of sp³-hybridized carbons (Fsp3) is 0.212. The quantitative estimate of drug-likeness (QED) is 0.210. The number of hydrogen-bond acceptors (Lipinski definition) is 4. The third-order valence-corrected chi connectivity index (χ3v) is 8.42. The Labute approximate surface area is 267 Å². The molecule has 1 N–H and O–H groups in total. The van der Waals surface area contributed by atoms with Gasteiger partial charge in [-0.25, -0.2) is 27.6 Å². The first kappa shape index (κ1) is 31.0. The summed E-state index contributed by atoms with van der Waals surface area (Å²) in [7, 11) is 0. The van der Waals surface area contributed by atoms with E-state index in [1.54, 1.807) is 17.1 Å². The molecule has 1 aliphatic heterocycles. The smallest absolute Gasteiger partial charge is 0.337 e. The molecule has 3 aromatic carbocycles. The summed E-state index contributed by atoms with van der Waals surface area (Å²) in [6, 6.07) is 15.0. The Bertz CT molecular complexity index is 2210. The molecule has 3 aromatic heterocycles. The number of alkyl halides is 3. The zero-order chi connectivity index (χ0) is 33.7. The largest absolute Gasteiger partial charge is 0.419 e. The van der Waals surface area contributed by atoms with Crippen LogP contribution in [0.25, 0.3) is 28.1 Å². The molecule has 246 valence electrons. The third kappa shape index (κ3) is 5.65. The number of nitrogens with one attached hydrogen (secondary N) is 1. The molecule has 0 spiro atoms. The van der Waals surface area contributed by atoms with Crippen molar-refractivity contribution >= 4 is 16.9 Å². The van der Waals surface area contributed by atoms with Gasteiger partial charge in [0.15, 0.2) is 17.3 Å². The number of aromatic amines is 1. The van der Waals surface area contributed by atoms with E-state index in [0.29, 0.717) is 24.4 Å². The van der Waals surface area contributed by atoms with E-state index in [1.807, 2.05) is 30.3 Å². The maximum Gasteiger partial charge on any atom is 0.419 e. The van der Waals surface area contributed by atoms with Gasteiger partial charge in [0.2, 0.25) is 0 Å². The molecule has 0 aliphatic carbocycles. The van der Waals surface area contributed by atoms with E-state index in [1.165, 1.54) is 21.6 Å². The minimum atomic E-state index is -4.98. The van der Waals surface area contributed by atoms with E-state index in [-0.39, 0.29) is 54.0 Å². The predicted molar refractivity (Wildman–Crippen MR) is 162 cm³/mol. The van der Waals surface area contributed by atoms with Crippen LogP contribution in [0.1, 0.15) is 40.5 Å². The van der Waals surface area contributed by atoms with Crippen molar-refractivity contribution in [3.63, 3.8) is 0 Å². The van der Waals surface area contributed by atoms with E-state index < -0.39 is 46.8 Å². The number of aromatic nitrogens is 6. The Balaban J connectivity index is 1.20. The molecular weight excluding hydrogens is 640 g/mol. The first-order valence-corrected chi connectivity index (χ1v) is 14.9. The molecular formula is C33H25F6N7O2. The topological polar surface area (TPSA) is 93.7 Å². The molecule has 15 heteroatoms. The average Bonchev–Trinajstić information content (AvgIpc) is 3.80. The molecule has 1 saturated heterocycles. The zero-order valence-electron chi connectivity index (χ0n) is 24.9. The zero-order valence-corrected chi connectivity index (χ0v) is 24.9. The highest BCUT2D eigenvalue weighted by atomic mass is 19.4. The van der Waals surface area contributed by atoms with Gasteiger partial charge in [0.25, 0.3) is 5.91 Å². The van der Waals surface area contributed by atoms with Crippen LogP contribution in [0.15, 0.2) is 84.0 Å². The lowest BCUT2D eigenvalue weighted by atomic mass is 10.0. The second-order valence-electron chi connectivity index (χ2n) is 11.5. The lowest BCUT2D eigenvalue weighted by molar-refractivity contribution is -0.140. The van der Waals surface area contributed by atoms with Crippen molar-refractivity contribution in [2.24, 2.45) is 0 Å². The number of H-pyrrole nitrogens is 1. The highest BCUT2D eigenvalue weighted by Crippen LogP contribution is 2.34. The molecule has 0 bridgehead atoms. The Hall–Kier alpha value is -5.60. The number of imidazole rings is 2. The van der Waals surface area contributed by atoms with Gasteiger partial charge in [0, 0.05) is 31.9 Å². The standard InChI is InChI=1S/C33H25F6N7O2/c34-23-7-6-21(14-22(23)33(37,38)39)46-28(27-17-43(18-40-27)16-19-4-2-1-3-5-19)15-26(42-46)31(47)44-12-10-20(11-13-44)45-30-25(41-32(45)48)9-8-24(35)29(30)36/h1-9,14-15,17-18,20H,10-13,16H2,(H,41,48). The molecule has 9 nitrogen and oxygen atoms in total. The number of halogens is 6. The Morgan fingerprint density at radius 3 is 2.40 bits per heavy atom. The van der Waals surface area contributed by atoms with Gasteiger partial charge < -0.3 is 14.5 Å². The first-order valence-electron chi connectivity index (χ1n) is 14.9. The highest BCUT2D eigenvalue weighted by Gasteiger charge is 2.35. The lowest BCUT2D eigenvalue weighted by Crippen LogP contribution is -2.40. The van der Waals surface area contributed by atoms with Gasteiger partial charge in [-0.05, 0) is 54.8 Å². The number of hydrogen-bond donors (Lipinski definition) is 1. The highest BCUT2D eigenvalue weighted by molar-refractivity contribution is 5.93. The second kappa shape index (κ2) is 11.9. The summed E-state index contributed by atoms with van der Waals surface area (Å²) in [5.41, 5.74) is -0.885. The number of carbonyl (C=O) groups excluding carboxylic acids is 1. The second-order valence-corrected chi connectivity index (χ2v) is 11.5. The van der Waals surface area contributed by atoms with Crippen molar-refractivity contribution in [1.29, 1.82) is 0 Å². The number of amides is 1. The van der Waals surface area contributed by atoms with Crippen molar-refractivity contribution in [1.82, 2.24) is 33.8 Å². The molecule has 1 aliphatic rings. The molecule has 0 saturated carbocycles. The third-order valence-electron chi connectivity index (χ3n) is 8.42. The van der Waals surface area contributed by atoms with Gasteiger partial charge >= 0.3 is 11.9 Å². The minimum Gasteiger partial charge on any atom is -0.337 e. The molecule has 6 aromatic rings. The summed E-state index contributed by atoms with van der Waals surface area (Å²) in [6.07, 6.45) is -1.30. The minimum absolute atomic E-state index is 0.101. The van der Waals surface area contributed by atoms with Crippen molar-refractivity contribution < 1.29 is 31.1 Å². The van der Waals surface area contributed by atoms with Crippen molar-refractivity contribution in [2.45, 2.75) is 31.6 Å². The Morgan fingerprint density at radius 1 is 0.938 bits per heavy atom. The summed E-state index contributed by atoms with van der Waals surface area (Å²) in [6.45, 7) is 0.706. The van der Waals surface area contributed by atoms with Gasteiger partial charge in [0.05, 0.1) is 28.8 Å². The van der Waals surface area contributed by atoms with Crippen LogP contribution < -0.4 is 5.69 Å². The Morgan fingerprint density at radius 2 is 1.67 bits per heavy atom. The van der Waals surface area contributed by atoms with Gasteiger partial charge in [0.1, 0.15) is 17.0 Å². The van der Waals surface area contributed by atoms with E-state index in [2.05, 4.69) is 15.1 Å². The van der Waals surface area contributed by atoms with Crippen LogP contribution in [0.2, 0.25) is 0 Å². The van der Waals surface area contributed by atoms with Crippen LogP contribution in [0.3, 0.4) is 0 Å². The fourth-order valence-corrected chi connectivity index (χ4v) is 6.09. The van der Waals surface area contributed by atoms with E-state index in [0.717, 1.165) is 22.4 Å². The number of nitrogens with zero attached hydrogens (tertiary/aromatic N) is 6. The molecule has 1 fully saturated rings. The van der Waals surface area contributed by atoms with Crippen LogP contribution >= 0.6 is 0 Å². The number of likely N-dealkylation sites (tertiary alicyclic amines) is 1. The maximum absolute atomic E-state index is 14.7. The lowest BCUT2D eigenvalue weighted by Gasteiger charge is -2.32. The van der Waals surface area contributed by atoms with Crippen LogP contribution in [0.5, 0.6) is 0 Å². The molecule has 0 unspecified atom stereocenters. The summed E-state index contributed by atoms with van der Waals surface area (Å²) in [5, 5.41) is 4.36. The van der Waals surface area contributed by atoms with E-state index >= 15 is 0 Å². The van der Waals surface area contributed by atoms with Gasteiger partial charge in [-0.15, -0.1) is 0 Å². The maximum atomic E-state index is 14.7. The van der Waals surface area contributed by atoms with Gasteiger partial charge in [-0.1, -0.05) is 30.3 Å². The number of piperidine rings is 1. The summed E-state index contributed by atoms with van der Waals surface area (Å²) in [4.78, 5) is 34.8. The van der Waals surface area contributed by atoms with E-state index in [9.17, 15) is 35.9 Å². The number of benzene rings is 3. The molecule has 4 heterocycles. The fourth-order valence-electron chi connectivity index (χ4n) is 6.09. The summed E-state index contributed by atoms with van der Waals surface area (Å²) in [5.74, 6) is -4.24. The Kier molecular flexibility index (Phi) is 7.68.